The average molecular weight is 321 g/mol. The summed E-state index contributed by atoms with van der Waals surface area (Å²) in [6.45, 7) is 2.68. The molecule has 0 spiro atoms. The van der Waals surface area contributed by atoms with E-state index in [-0.39, 0.29) is 18.0 Å². The van der Waals surface area contributed by atoms with Gasteiger partial charge in [0.1, 0.15) is 0 Å². The summed E-state index contributed by atoms with van der Waals surface area (Å²) in [5.74, 6) is 0.0637. The van der Waals surface area contributed by atoms with Crippen LogP contribution in [-0.4, -0.2) is 75.2 Å². The Kier molecular flexibility index (Phi) is 4.99. The van der Waals surface area contributed by atoms with Gasteiger partial charge in [-0.2, -0.15) is 0 Å². The zero-order valence-corrected chi connectivity index (χ0v) is 14.0. The lowest BCUT2D eigenvalue weighted by Crippen LogP contribution is -2.60. The highest BCUT2D eigenvalue weighted by Crippen LogP contribution is 2.27. The van der Waals surface area contributed by atoms with E-state index >= 15 is 0 Å². The van der Waals surface area contributed by atoms with Gasteiger partial charge >= 0.3 is 0 Å². The Morgan fingerprint density at radius 1 is 1.48 bits per heavy atom. The number of aromatic nitrogens is 2. The zero-order valence-electron chi connectivity index (χ0n) is 14.0. The van der Waals surface area contributed by atoms with E-state index in [4.69, 9.17) is 0 Å². The van der Waals surface area contributed by atoms with E-state index in [9.17, 15) is 9.90 Å². The molecule has 1 saturated carbocycles. The van der Waals surface area contributed by atoms with Crippen LogP contribution >= 0.6 is 0 Å². The Balaban J connectivity index is 1.65. The fraction of sp³-hybridized carbons (Fsp3) is 0.750. The first-order chi connectivity index (χ1) is 11.1. The predicted octanol–water partition coefficient (Wildman–Crippen LogP) is -0.434. The van der Waals surface area contributed by atoms with Gasteiger partial charge in [0.2, 0.25) is 5.91 Å². The summed E-state index contributed by atoms with van der Waals surface area (Å²) in [7, 11) is 4.05. The van der Waals surface area contributed by atoms with Crippen LogP contribution in [0.5, 0.6) is 0 Å². The Hall–Kier alpha value is -1.44. The van der Waals surface area contributed by atoms with Gasteiger partial charge in [-0.05, 0) is 19.9 Å². The predicted molar refractivity (Wildman–Crippen MR) is 86.7 cm³/mol. The molecule has 23 heavy (non-hydrogen) atoms. The number of carbonyl (C=O) groups is 1. The summed E-state index contributed by atoms with van der Waals surface area (Å²) in [6.07, 6.45) is 6.29. The minimum absolute atomic E-state index is 0.0637. The number of nitrogens with one attached hydrogen (secondary N) is 1. The Morgan fingerprint density at radius 3 is 3.00 bits per heavy atom. The summed E-state index contributed by atoms with van der Waals surface area (Å²) >= 11 is 0. The fourth-order valence-corrected chi connectivity index (χ4v) is 3.86. The molecule has 7 nitrogen and oxygen atoms in total. The quantitative estimate of drug-likeness (QED) is 0.787. The number of rotatable bonds is 4. The van der Waals surface area contributed by atoms with E-state index < -0.39 is 6.10 Å². The molecule has 2 heterocycles. The molecule has 0 bridgehead atoms. The van der Waals surface area contributed by atoms with Gasteiger partial charge in [0, 0.05) is 45.0 Å². The van der Waals surface area contributed by atoms with Crippen LogP contribution in [0.1, 0.15) is 25.0 Å². The highest BCUT2D eigenvalue weighted by Gasteiger charge is 2.38. The highest BCUT2D eigenvalue weighted by atomic mass is 16.3. The molecule has 2 fully saturated rings. The molecule has 1 aliphatic carbocycles. The molecule has 0 aromatic carbocycles. The molecule has 7 heteroatoms. The number of amides is 1. The largest absolute Gasteiger partial charge is 0.390 e. The highest BCUT2D eigenvalue weighted by molar-refractivity contribution is 5.78. The van der Waals surface area contributed by atoms with Crippen LogP contribution < -0.4 is 5.32 Å². The smallest absolute Gasteiger partial charge is 0.234 e. The number of piperazine rings is 1. The topological polar surface area (TPSA) is 73.6 Å². The van der Waals surface area contributed by atoms with E-state index in [1.165, 1.54) is 0 Å². The van der Waals surface area contributed by atoms with Gasteiger partial charge in [0.05, 0.1) is 24.7 Å². The van der Waals surface area contributed by atoms with E-state index in [0.717, 1.165) is 38.0 Å². The van der Waals surface area contributed by atoms with Crippen LogP contribution in [-0.2, 0) is 18.4 Å². The number of hydrogen-bond donors (Lipinski definition) is 2. The summed E-state index contributed by atoms with van der Waals surface area (Å²) in [4.78, 5) is 20.2. The lowest BCUT2D eigenvalue weighted by molar-refractivity contribution is -0.127. The van der Waals surface area contributed by atoms with E-state index in [0.29, 0.717) is 13.1 Å². The van der Waals surface area contributed by atoms with Crippen molar-refractivity contribution in [2.24, 2.45) is 7.05 Å². The molecule has 1 saturated heterocycles. The van der Waals surface area contributed by atoms with Crippen LogP contribution in [0.15, 0.2) is 12.5 Å². The Bertz CT molecular complexity index is 546. The van der Waals surface area contributed by atoms with E-state index in [2.05, 4.69) is 27.1 Å². The SMILES string of the molecule is CN(Cc1cncn1C)[C@@H]1CCC[C@@H](N2CCNC(=O)C2)[C@@H]1O. The van der Waals surface area contributed by atoms with Crippen molar-refractivity contribution in [3.05, 3.63) is 18.2 Å². The molecule has 3 atom stereocenters. The van der Waals surface area contributed by atoms with Gasteiger partial charge in [-0.25, -0.2) is 4.98 Å². The number of imidazole rings is 1. The van der Waals surface area contributed by atoms with Crippen molar-refractivity contribution < 1.29 is 9.90 Å². The van der Waals surface area contributed by atoms with Crippen LogP contribution in [0.3, 0.4) is 0 Å². The first-order valence-electron chi connectivity index (χ1n) is 8.40. The fourth-order valence-electron chi connectivity index (χ4n) is 3.86. The van der Waals surface area contributed by atoms with Crippen LogP contribution in [0.4, 0.5) is 0 Å². The number of aryl methyl sites for hydroxylation is 1. The molecule has 2 aliphatic rings. The number of likely N-dealkylation sites (N-methyl/N-ethyl adjacent to an activating group) is 1. The summed E-state index contributed by atoms with van der Waals surface area (Å²) < 4.78 is 2.01. The number of hydrogen-bond acceptors (Lipinski definition) is 5. The minimum Gasteiger partial charge on any atom is -0.390 e. The maximum atomic E-state index is 11.6. The summed E-state index contributed by atoms with van der Waals surface area (Å²) in [5, 5.41) is 13.8. The van der Waals surface area contributed by atoms with Crippen molar-refractivity contribution in [2.75, 3.05) is 26.7 Å². The van der Waals surface area contributed by atoms with E-state index in [1.807, 2.05) is 17.8 Å². The third kappa shape index (κ3) is 3.57. The third-order valence-corrected chi connectivity index (χ3v) is 5.22. The van der Waals surface area contributed by atoms with Gasteiger partial charge in [0.25, 0.3) is 0 Å². The molecule has 3 rings (SSSR count). The Labute approximate surface area is 137 Å². The first-order valence-corrected chi connectivity index (χ1v) is 8.40. The van der Waals surface area contributed by atoms with Gasteiger partial charge in [-0.1, -0.05) is 6.42 Å². The number of aliphatic hydroxyl groups excluding tert-OH is 1. The molecular weight excluding hydrogens is 294 g/mol. The van der Waals surface area contributed by atoms with Crippen molar-refractivity contribution in [2.45, 2.75) is 44.0 Å². The van der Waals surface area contributed by atoms with E-state index in [1.54, 1.807) is 6.33 Å². The van der Waals surface area contributed by atoms with Crippen molar-refractivity contribution in [3.63, 3.8) is 0 Å². The molecule has 1 amide bonds. The molecule has 0 unspecified atom stereocenters. The molecule has 1 aromatic heterocycles. The van der Waals surface area contributed by atoms with Crippen LogP contribution in [0.2, 0.25) is 0 Å². The third-order valence-electron chi connectivity index (χ3n) is 5.22. The summed E-state index contributed by atoms with van der Waals surface area (Å²) in [6, 6.07) is 0.197. The molecular formula is C16H27N5O2. The second-order valence-corrected chi connectivity index (χ2v) is 6.79. The van der Waals surface area contributed by atoms with Gasteiger partial charge in [-0.15, -0.1) is 0 Å². The monoisotopic (exact) mass is 321 g/mol. The van der Waals surface area contributed by atoms with Crippen LogP contribution in [0.25, 0.3) is 0 Å². The maximum absolute atomic E-state index is 11.6. The van der Waals surface area contributed by atoms with Crippen molar-refractivity contribution in [1.82, 2.24) is 24.7 Å². The number of aliphatic hydroxyl groups is 1. The second kappa shape index (κ2) is 6.98. The minimum atomic E-state index is -0.423. The maximum Gasteiger partial charge on any atom is 0.234 e. The van der Waals surface area contributed by atoms with Crippen molar-refractivity contribution in [3.8, 4) is 0 Å². The lowest BCUT2D eigenvalue weighted by atomic mass is 9.86. The normalized spacial score (nSPS) is 29.7. The summed E-state index contributed by atoms with van der Waals surface area (Å²) in [5.41, 5.74) is 1.14. The molecule has 1 aromatic rings. The molecule has 128 valence electrons. The van der Waals surface area contributed by atoms with Gasteiger partial charge in [0.15, 0.2) is 0 Å². The molecule has 1 aliphatic heterocycles. The average Bonchev–Trinajstić information content (AvgIpc) is 2.92. The standard InChI is InChI=1S/C16H27N5O2/c1-19(9-12-8-17-11-20(12)2)13-4-3-5-14(16(13)23)21-7-6-18-15(22)10-21/h8,11,13-14,16,23H,3-7,9-10H2,1-2H3,(H,18,22)/t13-,14-,16-/m1/s1. The van der Waals surface area contributed by atoms with Crippen molar-refractivity contribution >= 4 is 5.91 Å². The van der Waals surface area contributed by atoms with Gasteiger partial charge < -0.3 is 15.0 Å². The van der Waals surface area contributed by atoms with Crippen LogP contribution in [0, 0.1) is 0 Å². The van der Waals surface area contributed by atoms with Gasteiger partial charge in [-0.3, -0.25) is 14.6 Å². The second-order valence-electron chi connectivity index (χ2n) is 6.79. The molecule has 2 N–H and O–H groups in total. The first kappa shape index (κ1) is 16.4. The molecule has 0 radical (unpaired) electrons. The lowest BCUT2D eigenvalue weighted by Gasteiger charge is -2.45. The number of carbonyl (C=O) groups excluding carboxylic acids is 1. The van der Waals surface area contributed by atoms with Crippen molar-refractivity contribution in [1.29, 1.82) is 0 Å². The Morgan fingerprint density at radius 2 is 2.30 bits per heavy atom. The number of nitrogens with zero attached hydrogens (tertiary/aromatic N) is 4. The zero-order chi connectivity index (χ0) is 16.4.